The summed E-state index contributed by atoms with van der Waals surface area (Å²) in [6.07, 6.45) is 6.08. The molecule has 2 bridgehead atoms. The Bertz CT molecular complexity index is 812. The van der Waals surface area contributed by atoms with Crippen molar-refractivity contribution >= 4 is 17.5 Å². The van der Waals surface area contributed by atoms with Crippen LogP contribution in [0.3, 0.4) is 0 Å². The lowest BCUT2D eigenvalue weighted by Crippen LogP contribution is -2.43. The molecular formula is C20H22O5. The Labute approximate surface area is 146 Å². The standard InChI is InChI=1S/C20H22O5/c1-10(2)14-15(21)11-5-6-13-19(3)7-4-8-20(13,25-18(19)24)9-12(11)16(22)17(14)23/h5-6,10,13,21H,4,7-9H2,1-3H3/t13-,19-,20-/m0/s1. The molecule has 0 radical (unpaired) electrons. The third kappa shape index (κ3) is 1.92. The van der Waals surface area contributed by atoms with Crippen LogP contribution in [-0.4, -0.2) is 28.2 Å². The van der Waals surface area contributed by atoms with Gasteiger partial charge < -0.3 is 9.84 Å². The number of ether oxygens (including phenoxy) is 1. The van der Waals surface area contributed by atoms with E-state index < -0.39 is 22.6 Å². The van der Waals surface area contributed by atoms with Crippen molar-refractivity contribution in [2.24, 2.45) is 17.3 Å². The normalized spacial score (nSPS) is 37.3. The fourth-order valence-corrected chi connectivity index (χ4v) is 5.07. The van der Waals surface area contributed by atoms with Crippen molar-refractivity contribution in [2.45, 2.75) is 52.1 Å². The summed E-state index contributed by atoms with van der Waals surface area (Å²) in [5.74, 6) is -1.93. The topological polar surface area (TPSA) is 80.7 Å². The van der Waals surface area contributed by atoms with Crippen molar-refractivity contribution < 1.29 is 24.2 Å². The van der Waals surface area contributed by atoms with E-state index in [-0.39, 0.29) is 41.1 Å². The third-order valence-corrected chi connectivity index (χ3v) is 6.38. The molecule has 0 spiro atoms. The molecule has 3 aliphatic carbocycles. The minimum Gasteiger partial charge on any atom is -0.507 e. The van der Waals surface area contributed by atoms with Gasteiger partial charge in [-0.2, -0.15) is 0 Å². The summed E-state index contributed by atoms with van der Waals surface area (Å²) in [7, 11) is 0. The highest BCUT2D eigenvalue weighted by atomic mass is 16.6. The first-order valence-electron chi connectivity index (χ1n) is 8.88. The number of hydrogen-bond acceptors (Lipinski definition) is 5. The van der Waals surface area contributed by atoms with E-state index in [2.05, 4.69) is 0 Å². The van der Waals surface area contributed by atoms with E-state index in [4.69, 9.17) is 4.74 Å². The molecule has 0 amide bonds. The predicted molar refractivity (Wildman–Crippen MR) is 89.6 cm³/mol. The Kier molecular flexibility index (Phi) is 3.22. The quantitative estimate of drug-likeness (QED) is 0.450. The molecule has 25 heavy (non-hydrogen) atoms. The minimum absolute atomic E-state index is 0.103. The van der Waals surface area contributed by atoms with E-state index in [1.165, 1.54) is 0 Å². The molecule has 0 aromatic heterocycles. The molecule has 3 atom stereocenters. The van der Waals surface area contributed by atoms with Gasteiger partial charge in [-0.15, -0.1) is 0 Å². The van der Waals surface area contributed by atoms with Crippen LogP contribution in [0.25, 0.3) is 0 Å². The van der Waals surface area contributed by atoms with Crippen LogP contribution >= 0.6 is 0 Å². The first-order valence-corrected chi connectivity index (χ1v) is 8.88. The van der Waals surface area contributed by atoms with Gasteiger partial charge in [0.05, 0.1) is 5.41 Å². The number of ketones is 2. The summed E-state index contributed by atoms with van der Waals surface area (Å²) in [6.45, 7) is 5.48. The lowest BCUT2D eigenvalue weighted by molar-refractivity contribution is -0.152. The third-order valence-electron chi connectivity index (χ3n) is 6.38. The first-order chi connectivity index (χ1) is 11.7. The van der Waals surface area contributed by atoms with Crippen LogP contribution in [0.5, 0.6) is 0 Å². The summed E-state index contributed by atoms with van der Waals surface area (Å²) in [4.78, 5) is 37.7. The van der Waals surface area contributed by atoms with Crippen molar-refractivity contribution in [2.75, 3.05) is 0 Å². The molecule has 0 aromatic carbocycles. The largest absolute Gasteiger partial charge is 0.507 e. The lowest BCUT2D eigenvalue weighted by atomic mass is 9.61. The van der Waals surface area contributed by atoms with Crippen LogP contribution in [0.15, 0.2) is 34.6 Å². The molecule has 0 aromatic rings. The lowest BCUT2D eigenvalue weighted by Gasteiger charge is -2.39. The highest BCUT2D eigenvalue weighted by molar-refractivity contribution is 6.50. The molecule has 2 fully saturated rings. The molecule has 1 saturated carbocycles. The SMILES string of the molecule is CC(C)C1=C(O)C2=C(C[C@]34CCC[C@](C)(C(=O)O3)[C@@H]4C=C2)C(=O)C1=O. The Morgan fingerprint density at radius 1 is 1.20 bits per heavy atom. The maximum Gasteiger partial charge on any atom is 0.313 e. The van der Waals surface area contributed by atoms with E-state index in [0.717, 1.165) is 12.8 Å². The molecule has 1 saturated heterocycles. The summed E-state index contributed by atoms with van der Waals surface area (Å²) in [5, 5.41) is 10.7. The minimum atomic E-state index is -0.775. The second-order valence-corrected chi connectivity index (χ2v) is 8.21. The van der Waals surface area contributed by atoms with Gasteiger partial charge >= 0.3 is 5.97 Å². The van der Waals surface area contributed by atoms with E-state index >= 15 is 0 Å². The first kappa shape index (κ1) is 16.3. The van der Waals surface area contributed by atoms with Crippen LogP contribution in [0.2, 0.25) is 0 Å². The average Bonchev–Trinajstić information content (AvgIpc) is 2.68. The molecule has 4 rings (SSSR count). The Balaban J connectivity index is 1.89. The molecule has 5 heteroatoms. The van der Waals surface area contributed by atoms with Crippen molar-refractivity contribution in [3.63, 3.8) is 0 Å². The molecule has 1 aliphatic heterocycles. The van der Waals surface area contributed by atoms with Crippen molar-refractivity contribution in [1.29, 1.82) is 0 Å². The Morgan fingerprint density at radius 3 is 2.60 bits per heavy atom. The number of carbonyl (C=O) groups is 3. The fourth-order valence-electron chi connectivity index (χ4n) is 5.07. The number of hydrogen-bond donors (Lipinski definition) is 1. The van der Waals surface area contributed by atoms with Gasteiger partial charge in [-0.05, 0) is 32.1 Å². The highest BCUT2D eigenvalue weighted by Crippen LogP contribution is 2.59. The number of aliphatic hydroxyl groups is 1. The summed E-state index contributed by atoms with van der Waals surface area (Å²) in [6, 6.07) is 0. The summed E-state index contributed by atoms with van der Waals surface area (Å²) in [5.41, 5.74) is -0.504. The van der Waals surface area contributed by atoms with Crippen molar-refractivity contribution in [3.8, 4) is 0 Å². The maximum atomic E-state index is 12.8. The summed E-state index contributed by atoms with van der Waals surface area (Å²) < 4.78 is 5.82. The second-order valence-electron chi connectivity index (χ2n) is 8.21. The van der Waals surface area contributed by atoms with Gasteiger partial charge in [0.1, 0.15) is 11.4 Å². The van der Waals surface area contributed by atoms with E-state index in [0.29, 0.717) is 12.0 Å². The molecule has 132 valence electrons. The number of allylic oxidation sites excluding steroid dienone is 2. The van der Waals surface area contributed by atoms with Crippen LogP contribution < -0.4 is 0 Å². The smallest absolute Gasteiger partial charge is 0.313 e. The van der Waals surface area contributed by atoms with Gasteiger partial charge in [0.2, 0.25) is 11.6 Å². The fraction of sp³-hybridized carbons (Fsp3) is 0.550. The van der Waals surface area contributed by atoms with E-state index in [9.17, 15) is 19.5 Å². The van der Waals surface area contributed by atoms with E-state index in [1.54, 1.807) is 19.9 Å². The van der Waals surface area contributed by atoms with Crippen LogP contribution in [-0.2, 0) is 19.1 Å². The zero-order valence-corrected chi connectivity index (χ0v) is 14.7. The Morgan fingerprint density at radius 2 is 1.92 bits per heavy atom. The van der Waals surface area contributed by atoms with Crippen LogP contribution in [0.1, 0.15) is 46.5 Å². The van der Waals surface area contributed by atoms with Gasteiger partial charge in [-0.25, -0.2) is 0 Å². The number of carbonyl (C=O) groups excluding carboxylic acids is 3. The molecule has 0 unspecified atom stereocenters. The van der Waals surface area contributed by atoms with Gasteiger partial charge in [-0.1, -0.05) is 26.0 Å². The molecule has 1 N–H and O–H groups in total. The summed E-state index contributed by atoms with van der Waals surface area (Å²) >= 11 is 0. The zero-order valence-electron chi connectivity index (χ0n) is 14.7. The molecule has 1 heterocycles. The van der Waals surface area contributed by atoms with Crippen LogP contribution in [0.4, 0.5) is 0 Å². The van der Waals surface area contributed by atoms with Gasteiger partial charge in [-0.3, -0.25) is 14.4 Å². The number of aliphatic hydroxyl groups excluding tert-OH is 1. The monoisotopic (exact) mass is 342 g/mol. The van der Waals surface area contributed by atoms with Crippen molar-refractivity contribution in [3.05, 3.63) is 34.6 Å². The molecular weight excluding hydrogens is 320 g/mol. The number of Topliss-reactive ketones (excluding diaryl/α,β-unsaturated/α-hetero) is 2. The second kappa shape index (κ2) is 4.93. The van der Waals surface area contributed by atoms with Gasteiger partial charge in [0.15, 0.2) is 0 Å². The molecule has 5 nitrogen and oxygen atoms in total. The van der Waals surface area contributed by atoms with E-state index in [1.807, 2.05) is 13.0 Å². The Hall–Kier alpha value is -2.17. The highest BCUT2D eigenvalue weighted by Gasteiger charge is 2.64. The number of rotatable bonds is 1. The van der Waals surface area contributed by atoms with Crippen molar-refractivity contribution in [1.82, 2.24) is 0 Å². The van der Waals surface area contributed by atoms with Crippen LogP contribution in [0, 0.1) is 17.3 Å². The van der Waals surface area contributed by atoms with Gasteiger partial charge in [0.25, 0.3) is 0 Å². The number of esters is 1. The average molecular weight is 342 g/mol. The predicted octanol–water partition coefficient (Wildman–Crippen LogP) is 2.96. The van der Waals surface area contributed by atoms with Gasteiger partial charge in [0, 0.05) is 29.1 Å². The zero-order chi connectivity index (χ0) is 18.1. The maximum absolute atomic E-state index is 12.8. The molecule has 4 aliphatic rings.